The number of carbonyl (C=O) groups is 3. The van der Waals surface area contributed by atoms with Gasteiger partial charge in [-0.05, 0) is 51.2 Å². The predicted molar refractivity (Wildman–Crippen MR) is 93.4 cm³/mol. The van der Waals surface area contributed by atoms with E-state index in [1.165, 1.54) is 0 Å². The molecule has 0 aliphatic carbocycles. The van der Waals surface area contributed by atoms with Gasteiger partial charge in [-0.2, -0.15) is 0 Å². The van der Waals surface area contributed by atoms with E-state index in [4.69, 9.17) is 9.57 Å². The molecule has 0 aromatic heterocycles. The molecule has 3 amide bonds. The molecule has 140 valence electrons. The van der Waals surface area contributed by atoms with Gasteiger partial charge in [0.05, 0.1) is 23.8 Å². The maximum atomic E-state index is 12.2. The fourth-order valence-electron chi connectivity index (χ4n) is 3.28. The second-order valence-electron chi connectivity index (χ2n) is 6.94. The van der Waals surface area contributed by atoms with Crippen LogP contribution in [-0.4, -0.2) is 53.7 Å². The highest BCUT2D eigenvalue weighted by Crippen LogP contribution is 2.25. The zero-order chi connectivity index (χ0) is 18.7. The van der Waals surface area contributed by atoms with Crippen molar-refractivity contribution in [2.75, 3.05) is 19.7 Å². The summed E-state index contributed by atoms with van der Waals surface area (Å²) in [7, 11) is 0. The number of rotatable bonds is 5. The van der Waals surface area contributed by atoms with E-state index in [0.717, 1.165) is 24.3 Å². The Kier molecular flexibility index (Phi) is 5.56. The molecule has 3 rings (SSSR count). The van der Waals surface area contributed by atoms with Crippen LogP contribution in [-0.2, 0) is 9.57 Å². The normalized spacial score (nSPS) is 17.8. The van der Waals surface area contributed by atoms with Crippen LogP contribution in [0.25, 0.3) is 0 Å². The number of amides is 3. The maximum Gasteiger partial charge on any atom is 0.410 e. The third kappa shape index (κ3) is 3.88. The number of hydroxylamine groups is 2. The molecule has 2 aliphatic heterocycles. The zero-order valence-corrected chi connectivity index (χ0v) is 15.1. The Morgan fingerprint density at radius 2 is 1.69 bits per heavy atom. The van der Waals surface area contributed by atoms with E-state index in [9.17, 15) is 14.4 Å². The number of imide groups is 1. The molecule has 26 heavy (non-hydrogen) atoms. The third-order valence-electron chi connectivity index (χ3n) is 4.71. The number of nitrogens with zero attached hydrogens (tertiary/aromatic N) is 2. The minimum atomic E-state index is -0.406. The zero-order valence-electron chi connectivity index (χ0n) is 15.1. The molecule has 1 aromatic carbocycles. The van der Waals surface area contributed by atoms with Gasteiger partial charge in [0.2, 0.25) is 0 Å². The highest BCUT2D eigenvalue weighted by molar-refractivity contribution is 6.20. The Balaban J connectivity index is 1.42. The second-order valence-corrected chi connectivity index (χ2v) is 6.94. The monoisotopic (exact) mass is 360 g/mol. The topological polar surface area (TPSA) is 76.2 Å². The van der Waals surface area contributed by atoms with E-state index in [1.807, 2.05) is 13.8 Å². The third-order valence-corrected chi connectivity index (χ3v) is 4.71. The summed E-state index contributed by atoms with van der Waals surface area (Å²) in [5, 5.41) is 0.861. The molecule has 1 aromatic rings. The minimum absolute atomic E-state index is 0.117. The van der Waals surface area contributed by atoms with Crippen LogP contribution in [0.5, 0.6) is 0 Å². The van der Waals surface area contributed by atoms with E-state index in [1.54, 1.807) is 29.2 Å². The first-order valence-corrected chi connectivity index (χ1v) is 9.03. The largest absolute Gasteiger partial charge is 0.447 e. The van der Waals surface area contributed by atoms with Gasteiger partial charge in [-0.3, -0.25) is 14.4 Å². The van der Waals surface area contributed by atoms with Crippen molar-refractivity contribution in [1.29, 1.82) is 0 Å². The lowest BCUT2D eigenvalue weighted by Crippen LogP contribution is -2.40. The molecule has 0 spiro atoms. The van der Waals surface area contributed by atoms with Gasteiger partial charge in [0.15, 0.2) is 0 Å². The lowest BCUT2D eigenvalue weighted by Gasteiger charge is -2.31. The molecule has 0 unspecified atom stereocenters. The van der Waals surface area contributed by atoms with E-state index in [-0.39, 0.29) is 12.2 Å². The molecule has 0 saturated carbocycles. The second kappa shape index (κ2) is 7.86. The molecule has 1 saturated heterocycles. The summed E-state index contributed by atoms with van der Waals surface area (Å²) >= 11 is 0. The van der Waals surface area contributed by atoms with E-state index < -0.39 is 11.8 Å². The number of piperidine rings is 1. The minimum Gasteiger partial charge on any atom is -0.447 e. The van der Waals surface area contributed by atoms with E-state index in [2.05, 4.69) is 0 Å². The molecule has 7 heteroatoms. The number of ether oxygens (including phenoxy) is 1. The number of fused-ring (bicyclic) bond motifs is 1. The highest BCUT2D eigenvalue weighted by atomic mass is 16.7. The van der Waals surface area contributed by atoms with Gasteiger partial charge in [-0.15, -0.1) is 5.06 Å². The molecular weight excluding hydrogens is 336 g/mol. The first-order valence-electron chi connectivity index (χ1n) is 9.03. The van der Waals surface area contributed by atoms with Crippen LogP contribution >= 0.6 is 0 Å². The Labute approximate surface area is 152 Å². The fourth-order valence-corrected chi connectivity index (χ4v) is 3.28. The van der Waals surface area contributed by atoms with Crippen molar-refractivity contribution < 1.29 is 24.0 Å². The van der Waals surface area contributed by atoms with Crippen LogP contribution in [0.1, 0.15) is 53.8 Å². The maximum absolute atomic E-state index is 12.2. The van der Waals surface area contributed by atoms with Crippen molar-refractivity contribution in [3.8, 4) is 0 Å². The summed E-state index contributed by atoms with van der Waals surface area (Å²) in [4.78, 5) is 43.5. The van der Waals surface area contributed by atoms with Crippen molar-refractivity contribution in [3.05, 3.63) is 35.4 Å². The molecule has 0 bridgehead atoms. The van der Waals surface area contributed by atoms with Crippen LogP contribution in [0, 0.1) is 5.92 Å². The lowest BCUT2D eigenvalue weighted by atomic mass is 9.94. The van der Waals surface area contributed by atoms with Crippen LogP contribution < -0.4 is 0 Å². The molecular formula is C19H24N2O5. The number of likely N-dealkylation sites (tertiary alicyclic amines) is 1. The van der Waals surface area contributed by atoms with Crippen molar-refractivity contribution >= 4 is 17.9 Å². The van der Waals surface area contributed by atoms with Gasteiger partial charge in [0.25, 0.3) is 11.8 Å². The average molecular weight is 360 g/mol. The van der Waals surface area contributed by atoms with Gasteiger partial charge in [0.1, 0.15) is 0 Å². The SMILES string of the molecule is CC(C)OC(=O)N1CCC(CCON2C(=O)c3ccccc3C2=O)CC1. The Morgan fingerprint density at radius 3 is 2.23 bits per heavy atom. The molecule has 1 fully saturated rings. The number of carbonyl (C=O) groups excluding carboxylic acids is 3. The molecule has 2 aliphatic rings. The van der Waals surface area contributed by atoms with Crippen molar-refractivity contribution in [2.45, 2.75) is 39.2 Å². The summed E-state index contributed by atoms with van der Waals surface area (Å²) in [5.74, 6) is -0.415. The number of benzene rings is 1. The summed E-state index contributed by atoms with van der Waals surface area (Å²) in [6.07, 6.45) is 2.08. The van der Waals surface area contributed by atoms with Crippen LogP contribution in [0.3, 0.4) is 0 Å². The van der Waals surface area contributed by atoms with Gasteiger partial charge in [-0.25, -0.2) is 4.79 Å². The molecule has 0 atom stereocenters. The lowest BCUT2D eigenvalue weighted by molar-refractivity contribution is -0.0957. The first-order chi connectivity index (χ1) is 12.5. The Morgan fingerprint density at radius 1 is 1.12 bits per heavy atom. The van der Waals surface area contributed by atoms with Crippen molar-refractivity contribution in [3.63, 3.8) is 0 Å². The highest BCUT2D eigenvalue weighted by Gasteiger charge is 2.36. The molecule has 7 nitrogen and oxygen atoms in total. The van der Waals surface area contributed by atoms with Gasteiger partial charge in [0, 0.05) is 13.1 Å². The van der Waals surface area contributed by atoms with E-state index >= 15 is 0 Å². The van der Waals surface area contributed by atoms with Crippen LogP contribution in [0.15, 0.2) is 24.3 Å². The Hall–Kier alpha value is -2.41. The van der Waals surface area contributed by atoms with Crippen molar-refractivity contribution in [2.24, 2.45) is 5.92 Å². The number of hydrogen-bond donors (Lipinski definition) is 0. The quantitative estimate of drug-likeness (QED) is 0.755. The number of hydrogen-bond acceptors (Lipinski definition) is 5. The molecule has 2 heterocycles. The molecule has 0 radical (unpaired) electrons. The predicted octanol–water partition coefficient (Wildman–Crippen LogP) is 2.86. The standard InChI is InChI=1S/C19H24N2O5/c1-13(2)26-19(24)20-10-7-14(8-11-20)9-12-25-21-17(22)15-5-3-4-6-16(15)18(21)23/h3-6,13-14H,7-12H2,1-2H3. The van der Waals surface area contributed by atoms with Crippen molar-refractivity contribution in [1.82, 2.24) is 9.96 Å². The average Bonchev–Trinajstić information content (AvgIpc) is 2.87. The van der Waals surface area contributed by atoms with E-state index in [0.29, 0.717) is 36.7 Å². The Bertz CT molecular complexity index is 660. The smallest absolute Gasteiger partial charge is 0.410 e. The van der Waals surface area contributed by atoms with Crippen LogP contribution in [0.2, 0.25) is 0 Å². The summed E-state index contributed by atoms with van der Waals surface area (Å²) < 4.78 is 5.21. The van der Waals surface area contributed by atoms with Gasteiger partial charge >= 0.3 is 6.09 Å². The summed E-state index contributed by atoms with van der Waals surface area (Å²) in [6.45, 7) is 5.28. The summed E-state index contributed by atoms with van der Waals surface area (Å²) in [6, 6.07) is 6.72. The molecule has 0 N–H and O–H groups in total. The van der Waals surface area contributed by atoms with Gasteiger partial charge in [-0.1, -0.05) is 12.1 Å². The fraction of sp³-hybridized carbons (Fsp3) is 0.526. The van der Waals surface area contributed by atoms with Gasteiger partial charge < -0.3 is 9.64 Å². The summed E-state index contributed by atoms with van der Waals surface area (Å²) in [5.41, 5.74) is 0.768. The van der Waals surface area contributed by atoms with Crippen LogP contribution in [0.4, 0.5) is 4.79 Å². The first kappa shape index (κ1) is 18.4.